The number of halogens is 1. The lowest BCUT2D eigenvalue weighted by molar-refractivity contribution is -0.112. The summed E-state index contributed by atoms with van der Waals surface area (Å²) in [4.78, 5) is 16.0. The van der Waals surface area contributed by atoms with Crippen molar-refractivity contribution in [3.63, 3.8) is 0 Å². The van der Waals surface area contributed by atoms with E-state index in [0.717, 1.165) is 28.0 Å². The van der Waals surface area contributed by atoms with E-state index in [0.29, 0.717) is 0 Å². The Kier molecular flexibility index (Phi) is 4.11. The first-order valence-corrected chi connectivity index (χ1v) is 9.32. The average molecular weight is 388 g/mol. The van der Waals surface area contributed by atoms with Gasteiger partial charge in [-0.1, -0.05) is 0 Å². The van der Waals surface area contributed by atoms with Gasteiger partial charge in [-0.25, -0.2) is 9.38 Å². The highest BCUT2D eigenvalue weighted by Crippen LogP contribution is 2.32. The topological polar surface area (TPSA) is 109 Å². The number of aromatic nitrogens is 1. The lowest BCUT2D eigenvalue weighted by atomic mass is 10.1. The molecule has 126 valence electrons. The third-order valence-electron chi connectivity index (χ3n) is 3.33. The van der Waals surface area contributed by atoms with Gasteiger partial charge in [-0.05, 0) is 30.4 Å². The van der Waals surface area contributed by atoms with E-state index in [2.05, 4.69) is 4.99 Å². The summed E-state index contributed by atoms with van der Waals surface area (Å²) in [7, 11) is -4.25. The molecular weight excluding hydrogens is 379 g/mol. The zero-order chi connectivity index (χ0) is 17.6. The van der Waals surface area contributed by atoms with Crippen LogP contribution in [0.15, 0.2) is 23.2 Å². The third-order valence-corrected chi connectivity index (χ3v) is 5.49. The van der Waals surface area contributed by atoms with Crippen molar-refractivity contribution in [2.24, 2.45) is 4.99 Å². The number of rotatable bonds is 4. The van der Waals surface area contributed by atoms with Crippen LogP contribution in [0.5, 0.6) is 5.88 Å². The fourth-order valence-electron chi connectivity index (χ4n) is 2.27. The summed E-state index contributed by atoms with van der Waals surface area (Å²) in [5.74, 6) is -2.29. The number of aromatic hydroxyl groups is 1. The molecule has 1 aliphatic heterocycles. The molecule has 3 rings (SSSR count). The first-order valence-electron chi connectivity index (χ1n) is 6.48. The van der Waals surface area contributed by atoms with Crippen molar-refractivity contribution < 1.29 is 27.3 Å². The molecule has 0 atom stereocenters. The summed E-state index contributed by atoms with van der Waals surface area (Å²) in [6, 6.07) is 3.64. The first-order chi connectivity index (χ1) is 11.2. The van der Waals surface area contributed by atoms with Crippen molar-refractivity contribution in [1.82, 2.24) is 4.57 Å². The van der Waals surface area contributed by atoms with Gasteiger partial charge in [-0.3, -0.25) is 13.9 Å². The van der Waals surface area contributed by atoms with Crippen LogP contribution in [-0.2, 0) is 21.5 Å². The van der Waals surface area contributed by atoms with Gasteiger partial charge in [-0.2, -0.15) is 8.42 Å². The summed E-state index contributed by atoms with van der Waals surface area (Å²) in [6.45, 7) is -0.283. The van der Waals surface area contributed by atoms with E-state index in [1.54, 1.807) is 0 Å². The molecule has 0 spiro atoms. The standard InChI is InChI=1S/C13H9FN2O5S3/c14-6-1-2-8-7(5-6)9(11(17)15-8)10-12(18)16(13(22)23-10)3-4-24(19,20)21/h1-2,5,18H,3-4H2,(H,19,20,21). The minimum Gasteiger partial charge on any atom is -0.493 e. The van der Waals surface area contributed by atoms with Gasteiger partial charge in [0.1, 0.15) is 10.7 Å². The van der Waals surface area contributed by atoms with E-state index >= 15 is 0 Å². The number of hydrogen-bond acceptors (Lipinski definition) is 6. The van der Waals surface area contributed by atoms with Crippen LogP contribution in [0.2, 0.25) is 0 Å². The van der Waals surface area contributed by atoms with Crippen LogP contribution in [0.3, 0.4) is 0 Å². The Morgan fingerprint density at radius 2 is 2.08 bits per heavy atom. The molecule has 7 nitrogen and oxygen atoms in total. The van der Waals surface area contributed by atoms with Crippen LogP contribution < -0.4 is 10.6 Å². The highest BCUT2D eigenvalue weighted by Gasteiger charge is 2.25. The van der Waals surface area contributed by atoms with Crippen molar-refractivity contribution in [1.29, 1.82) is 0 Å². The molecule has 1 aromatic carbocycles. The molecule has 0 radical (unpaired) electrons. The Labute approximate surface area is 143 Å². The molecule has 0 saturated heterocycles. The molecule has 0 fully saturated rings. The lowest BCUT2D eigenvalue weighted by Gasteiger charge is -2.04. The molecule has 24 heavy (non-hydrogen) atoms. The minimum absolute atomic E-state index is 0.00343. The summed E-state index contributed by atoms with van der Waals surface area (Å²) < 4.78 is 45.2. The number of carbonyl (C=O) groups is 1. The Morgan fingerprint density at radius 1 is 1.38 bits per heavy atom. The van der Waals surface area contributed by atoms with Gasteiger partial charge >= 0.3 is 0 Å². The maximum absolute atomic E-state index is 13.5. The summed E-state index contributed by atoms with van der Waals surface area (Å²) in [5, 5.41) is 10.8. The normalized spacial score (nSPS) is 13.9. The highest BCUT2D eigenvalue weighted by molar-refractivity contribution is 7.85. The van der Waals surface area contributed by atoms with Crippen LogP contribution in [0.1, 0.15) is 4.88 Å². The van der Waals surface area contributed by atoms with Crippen LogP contribution >= 0.6 is 23.6 Å². The lowest BCUT2D eigenvalue weighted by Crippen LogP contribution is -2.23. The van der Waals surface area contributed by atoms with E-state index in [-0.39, 0.29) is 31.5 Å². The van der Waals surface area contributed by atoms with Crippen LogP contribution in [0.25, 0.3) is 5.57 Å². The van der Waals surface area contributed by atoms with Crippen molar-refractivity contribution in [2.75, 3.05) is 5.75 Å². The van der Waals surface area contributed by atoms with Gasteiger partial charge in [0.05, 0.1) is 16.7 Å². The zero-order valence-electron chi connectivity index (χ0n) is 11.8. The largest absolute Gasteiger partial charge is 0.493 e. The Morgan fingerprint density at radius 3 is 2.75 bits per heavy atom. The fourth-order valence-corrected chi connectivity index (χ4v) is 4.07. The molecule has 11 heteroatoms. The molecule has 2 aromatic rings. The monoisotopic (exact) mass is 388 g/mol. The van der Waals surface area contributed by atoms with Crippen molar-refractivity contribution in [3.8, 4) is 5.88 Å². The molecule has 1 amide bonds. The molecule has 0 bridgehead atoms. The van der Waals surface area contributed by atoms with Gasteiger partial charge < -0.3 is 5.11 Å². The Hall–Kier alpha value is -1.95. The summed E-state index contributed by atoms with van der Waals surface area (Å²) in [5.41, 5.74) is 0.00343. The molecule has 0 saturated carbocycles. The highest BCUT2D eigenvalue weighted by atomic mass is 32.2. The van der Waals surface area contributed by atoms with E-state index < -0.39 is 33.5 Å². The number of hydrogen-bond donors (Lipinski definition) is 2. The van der Waals surface area contributed by atoms with Crippen LogP contribution in [0, 0.1) is 9.77 Å². The fraction of sp³-hybridized carbons (Fsp3) is 0.154. The maximum Gasteiger partial charge on any atom is 0.279 e. The molecule has 1 aromatic heterocycles. The van der Waals surface area contributed by atoms with Crippen LogP contribution in [0.4, 0.5) is 4.39 Å². The Balaban J connectivity index is 2.18. The molecule has 2 N–H and O–H groups in total. The van der Waals surface area contributed by atoms with E-state index in [1.807, 2.05) is 0 Å². The van der Waals surface area contributed by atoms with Gasteiger partial charge in [0.15, 0.2) is 3.95 Å². The van der Waals surface area contributed by atoms with Crippen molar-refractivity contribution in [3.05, 3.63) is 43.4 Å². The number of carbonyl (C=O) groups excluding carboxylic acids is 1. The number of benzene rings is 1. The van der Waals surface area contributed by atoms with Crippen molar-refractivity contribution in [2.45, 2.75) is 6.54 Å². The van der Waals surface area contributed by atoms with E-state index in [1.165, 1.54) is 6.07 Å². The van der Waals surface area contributed by atoms with Gasteiger partial charge in [0, 0.05) is 11.8 Å². The SMILES string of the molecule is O=C1N=c2ccc(F)cc2=C1c1sc(=S)n(CCS(=O)(=O)O)c1O. The predicted molar refractivity (Wildman–Crippen MR) is 85.9 cm³/mol. The number of thiazole rings is 1. The zero-order valence-corrected chi connectivity index (χ0v) is 14.2. The second kappa shape index (κ2) is 5.84. The average Bonchev–Trinajstić information content (AvgIpc) is 2.92. The molecular formula is C13H9FN2O5S3. The van der Waals surface area contributed by atoms with Crippen LogP contribution in [-0.4, -0.2) is 34.3 Å². The van der Waals surface area contributed by atoms with Gasteiger partial charge in [-0.15, -0.1) is 11.3 Å². The number of amides is 1. The Bertz CT molecular complexity index is 1150. The number of nitrogens with zero attached hydrogens (tertiary/aromatic N) is 2. The molecule has 2 heterocycles. The summed E-state index contributed by atoms with van der Waals surface area (Å²) in [6.07, 6.45) is 0. The second-order valence-corrected chi connectivity index (χ2v) is 8.13. The molecule has 0 aliphatic carbocycles. The van der Waals surface area contributed by atoms with Gasteiger partial charge in [0.25, 0.3) is 16.0 Å². The first kappa shape index (κ1) is 16.9. The smallest absolute Gasteiger partial charge is 0.279 e. The van der Waals surface area contributed by atoms with E-state index in [9.17, 15) is 22.7 Å². The van der Waals surface area contributed by atoms with Gasteiger partial charge in [0.2, 0.25) is 5.88 Å². The quantitative estimate of drug-likeness (QED) is 0.579. The number of fused-ring (bicyclic) bond motifs is 1. The molecule has 1 aliphatic rings. The third kappa shape index (κ3) is 3.02. The predicted octanol–water partition coefficient (Wildman–Crippen LogP) is 0.370. The summed E-state index contributed by atoms with van der Waals surface area (Å²) >= 11 is 5.94. The minimum atomic E-state index is -4.25. The van der Waals surface area contributed by atoms with E-state index in [4.69, 9.17) is 16.8 Å². The maximum atomic E-state index is 13.5. The second-order valence-electron chi connectivity index (χ2n) is 4.91. The molecule has 0 unspecified atom stereocenters. The van der Waals surface area contributed by atoms with Crippen molar-refractivity contribution >= 4 is 45.2 Å².